The summed E-state index contributed by atoms with van der Waals surface area (Å²) < 4.78 is 0. The number of hydrogen-bond donors (Lipinski definition) is 2. The summed E-state index contributed by atoms with van der Waals surface area (Å²) in [5.74, 6) is -1.23. The molecule has 3 rings (SSSR count). The van der Waals surface area contributed by atoms with Gasteiger partial charge in [-0.3, -0.25) is 4.79 Å². The fourth-order valence-corrected chi connectivity index (χ4v) is 2.51. The first-order valence-corrected chi connectivity index (χ1v) is 7.71. The second-order valence-corrected chi connectivity index (χ2v) is 5.61. The molecule has 0 aliphatic rings. The van der Waals surface area contributed by atoms with Gasteiger partial charge in [0.25, 0.3) is 0 Å². The maximum absolute atomic E-state index is 12.2. The molecule has 0 unspecified atom stereocenters. The highest BCUT2D eigenvalue weighted by atomic mass is 16.4. The second-order valence-electron chi connectivity index (χ2n) is 5.61. The summed E-state index contributed by atoms with van der Waals surface area (Å²) in [5.41, 5.74) is 1.82. The first kappa shape index (κ1) is 16.4. The highest BCUT2D eigenvalue weighted by molar-refractivity contribution is 6.04. The fraction of sp³-hybridized carbons (Fsp3) is 0.0500. The number of nitrogens with zero attached hydrogens (tertiary/aromatic N) is 1. The minimum atomic E-state index is -1.07. The van der Waals surface area contributed by atoms with Gasteiger partial charge in [0, 0.05) is 12.3 Å². The van der Waals surface area contributed by atoms with Crippen LogP contribution in [0.1, 0.15) is 22.8 Å². The van der Waals surface area contributed by atoms with Crippen molar-refractivity contribution in [3.63, 3.8) is 0 Å². The van der Waals surface area contributed by atoms with E-state index in [0.717, 1.165) is 21.9 Å². The molecule has 0 spiro atoms. The average Bonchev–Trinajstić information content (AvgIpc) is 2.61. The molecule has 0 saturated carbocycles. The average molecular weight is 332 g/mol. The summed E-state index contributed by atoms with van der Waals surface area (Å²) in [4.78, 5) is 27.1. The predicted molar refractivity (Wildman–Crippen MR) is 97.4 cm³/mol. The SMILES string of the molecule is C/C(=C/C(=O)Nc1cc(C(=O)O)ccn1)c1ccc2ccccc2c1. The molecule has 0 radical (unpaired) electrons. The number of hydrogen-bond acceptors (Lipinski definition) is 3. The minimum Gasteiger partial charge on any atom is -0.478 e. The van der Waals surface area contributed by atoms with Crippen molar-refractivity contribution >= 4 is 34.0 Å². The van der Waals surface area contributed by atoms with Crippen LogP contribution in [0.15, 0.2) is 66.9 Å². The molecule has 1 aromatic heterocycles. The van der Waals surface area contributed by atoms with Crippen LogP contribution in [0, 0.1) is 0 Å². The molecule has 1 heterocycles. The van der Waals surface area contributed by atoms with Gasteiger partial charge in [-0.25, -0.2) is 9.78 Å². The maximum atomic E-state index is 12.2. The van der Waals surface area contributed by atoms with Crippen molar-refractivity contribution in [3.8, 4) is 0 Å². The zero-order valence-corrected chi connectivity index (χ0v) is 13.6. The van der Waals surface area contributed by atoms with E-state index < -0.39 is 5.97 Å². The van der Waals surface area contributed by atoms with E-state index in [-0.39, 0.29) is 17.3 Å². The Morgan fingerprint density at radius 3 is 2.52 bits per heavy atom. The van der Waals surface area contributed by atoms with Gasteiger partial charge in [-0.2, -0.15) is 0 Å². The molecule has 0 bridgehead atoms. The molecule has 3 aromatic rings. The van der Waals surface area contributed by atoms with Gasteiger partial charge in [-0.15, -0.1) is 0 Å². The van der Waals surface area contributed by atoms with Gasteiger partial charge >= 0.3 is 5.97 Å². The lowest BCUT2D eigenvalue weighted by molar-refractivity contribution is -0.111. The Labute approximate surface area is 144 Å². The summed E-state index contributed by atoms with van der Waals surface area (Å²) in [6.07, 6.45) is 2.82. The third kappa shape index (κ3) is 3.90. The lowest BCUT2D eigenvalue weighted by Crippen LogP contribution is -2.10. The Bertz CT molecular complexity index is 993. The van der Waals surface area contributed by atoms with E-state index in [9.17, 15) is 9.59 Å². The van der Waals surface area contributed by atoms with Crippen molar-refractivity contribution in [3.05, 3.63) is 78.0 Å². The monoisotopic (exact) mass is 332 g/mol. The minimum absolute atomic E-state index is 0.0699. The van der Waals surface area contributed by atoms with Crippen LogP contribution in [0.25, 0.3) is 16.3 Å². The molecule has 5 nitrogen and oxygen atoms in total. The number of benzene rings is 2. The molecule has 0 saturated heterocycles. The molecule has 25 heavy (non-hydrogen) atoms. The third-order valence-electron chi connectivity index (χ3n) is 3.81. The van der Waals surface area contributed by atoms with Crippen LogP contribution in [0.4, 0.5) is 5.82 Å². The van der Waals surface area contributed by atoms with E-state index in [1.165, 1.54) is 24.4 Å². The Kier molecular flexibility index (Phi) is 4.57. The van der Waals surface area contributed by atoms with Gasteiger partial charge in [-0.1, -0.05) is 36.4 Å². The molecule has 0 atom stereocenters. The van der Waals surface area contributed by atoms with E-state index in [1.807, 2.05) is 49.4 Å². The number of carbonyl (C=O) groups is 2. The first-order valence-electron chi connectivity index (χ1n) is 7.71. The molecule has 2 N–H and O–H groups in total. The van der Waals surface area contributed by atoms with Gasteiger partial charge in [0.05, 0.1) is 5.56 Å². The largest absolute Gasteiger partial charge is 0.478 e. The number of aromatic carboxylic acids is 1. The summed E-state index contributed by atoms with van der Waals surface area (Å²) in [6.45, 7) is 1.85. The second kappa shape index (κ2) is 6.97. The van der Waals surface area contributed by atoms with Crippen LogP contribution < -0.4 is 5.32 Å². The van der Waals surface area contributed by atoms with E-state index in [0.29, 0.717) is 0 Å². The van der Waals surface area contributed by atoms with E-state index >= 15 is 0 Å². The fourth-order valence-electron chi connectivity index (χ4n) is 2.51. The Hall–Kier alpha value is -3.47. The van der Waals surface area contributed by atoms with E-state index in [2.05, 4.69) is 10.3 Å². The summed E-state index contributed by atoms with van der Waals surface area (Å²) >= 11 is 0. The van der Waals surface area contributed by atoms with Crippen molar-refractivity contribution in [2.75, 3.05) is 5.32 Å². The number of aromatic nitrogens is 1. The van der Waals surface area contributed by atoms with E-state index in [4.69, 9.17) is 5.11 Å². The highest BCUT2D eigenvalue weighted by Crippen LogP contribution is 2.21. The molecular formula is C20H16N2O3. The number of amides is 1. The van der Waals surface area contributed by atoms with Crippen molar-refractivity contribution in [2.24, 2.45) is 0 Å². The molecule has 0 aliphatic heterocycles. The smallest absolute Gasteiger partial charge is 0.335 e. The van der Waals surface area contributed by atoms with Gasteiger partial charge in [0.15, 0.2) is 0 Å². The number of carboxylic acid groups (broad SMARTS) is 1. The molecule has 1 amide bonds. The van der Waals surface area contributed by atoms with Crippen LogP contribution in [0.5, 0.6) is 0 Å². The van der Waals surface area contributed by atoms with Gasteiger partial charge in [-0.05, 0) is 47.0 Å². The summed E-state index contributed by atoms with van der Waals surface area (Å²) in [6, 6.07) is 16.7. The summed E-state index contributed by atoms with van der Waals surface area (Å²) in [5, 5.41) is 13.8. The van der Waals surface area contributed by atoms with E-state index in [1.54, 1.807) is 0 Å². The lowest BCUT2D eigenvalue weighted by Gasteiger charge is -2.06. The Morgan fingerprint density at radius 2 is 1.76 bits per heavy atom. The number of allylic oxidation sites excluding steroid dienone is 1. The number of rotatable bonds is 4. The number of carboxylic acids is 1. The third-order valence-corrected chi connectivity index (χ3v) is 3.81. The molecule has 0 fully saturated rings. The number of fused-ring (bicyclic) bond motifs is 1. The molecule has 5 heteroatoms. The quantitative estimate of drug-likeness (QED) is 0.708. The summed E-state index contributed by atoms with van der Waals surface area (Å²) in [7, 11) is 0. The van der Waals surface area contributed by atoms with Crippen LogP contribution in [-0.4, -0.2) is 22.0 Å². The number of anilines is 1. The van der Waals surface area contributed by atoms with Crippen LogP contribution in [0.3, 0.4) is 0 Å². The number of pyridine rings is 1. The maximum Gasteiger partial charge on any atom is 0.335 e. The normalized spacial score (nSPS) is 11.3. The van der Waals surface area contributed by atoms with Crippen molar-refractivity contribution in [2.45, 2.75) is 6.92 Å². The molecular weight excluding hydrogens is 316 g/mol. The number of nitrogens with one attached hydrogen (secondary N) is 1. The Balaban J connectivity index is 1.79. The van der Waals surface area contributed by atoms with Gasteiger partial charge in [0.2, 0.25) is 5.91 Å². The van der Waals surface area contributed by atoms with Crippen molar-refractivity contribution < 1.29 is 14.7 Å². The van der Waals surface area contributed by atoms with Crippen molar-refractivity contribution in [1.82, 2.24) is 4.98 Å². The molecule has 0 aliphatic carbocycles. The zero-order valence-electron chi connectivity index (χ0n) is 13.6. The zero-order chi connectivity index (χ0) is 17.8. The van der Waals surface area contributed by atoms with Crippen LogP contribution >= 0.6 is 0 Å². The van der Waals surface area contributed by atoms with Gasteiger partial charge < -0.3 is 10.4 Å². The molecule has 124 valence electrons. The topological polar surface area (TPSA) is 79.3 Å². The van der Waals surface area contributed by atoms with Crippen LogP contribution in [0.2, 0.25) is 0 Å². The molecule has 2 aromatic carbocycles. The van der Waals surface area contributed by atoms with Crippen LogP contribution in [-0.2, 0) is 4.79 Å². The number of carbonyl (C=O) groups excluding carboxylic acids is 1. The lowest BCUT2D eigenvalue weighted by atomic mass is 10.0. The predicted octanol–water partition coefficient (Wildman–Crippen LogP) is 3.98. The van der Waals surface area contributed by atoms with Gasteiger partial charge in [0.1, 0.15) is 5.82 Å². The van der Waals surface area contributed by atoms with Crippen molar-refractivity contribution in [1.29, 1.82) is 0 Å². The first-order chi connectivity index (χ1) is 12.0. The Morgan fingerprint density at radius 1 is 1.00 bits per heavy atom. The standard InChI is InChI=1S/C20H16N2O3/c1-13(15-7-6-14-4-2-3-5-16(14)11-15)10-19(23)22-18-12-17(20(24)25)8-9-21-18/h2-12H,1H3,(H,24,25)(H,21,22,23)/b13-10-. The highest BCUT2D eigenvalue weighted by Gasteiger charge is 2.07.